The Hall–Kier alpha value is -3.57. The van der Waals surface area contributed by atoms with E-state index < -0.39 is 15.7 Å². The average Bonchev–Trinajstić information content (AvgIpc) is 3.68. The molecule has 3 aromatic rings. The quantitative estimate of drug-likeness (QED) is 0.452. The first-order chi connectivity index (χ1) is 17.8. The Labute approximate surface area is 215 Å². The van der Waals surface area contributed by atoms with Crippen LogP contribution >= 0.6 is 0 Å². The van der Waals surface area contributed by atoms with Crippen molar-refractivity contribution in [1.82, 2.24) is 15.3 Å². The second-order valence-corrected chi connectivity index (χ2v) is 11.3. The lowest BCUT2D eigenvalue weighted by Gasteiger charge is -2.34. The molecule has 0 radical (unpaired) electrons. The SMILES string of the molecule is C[C@H]1COCCN1c1cc(CS(=O)(=O)c2ccc(F)cc2)nc(-c2ccc(NC(=O)NC3CC3)cc2)n1. The lowest BCUT2D eigenvalue weighted by Crippen LogP contribution is -2.44. The van der Waals surface area contributed by atoms with Gasteiger partial charge in [-0.25, -0.2) is 27.6 Å². The molecule has 1 atom stereocenters. The van der Waals surface area contributed by atoms with Crippen LogP contribution in [0.4, 0.5) is 20.7 Å². The van der Waals surface area contributed by atoms with Gasteiger partial charge in [0, 0.05) is 29.9 Å². The lowest BCUT2D eigenvalue weighted by molar-refractivity contribution is 0.0985. The van der Waals surface area contributed by atoms with Crippen LogP contribution in [0.1, 0.15) is 25.5 Å². The van der Waals surface area contributed by atoms with Gasteiger partial charge in [0.2, 0.25) is 0 Å². The number of morpholine rings is 1. The van der Waals surface area contributed by atoms with Crippen molar-refractivity contribution in [2.75, 3.05) is 30.0 Å². The summed E-state index contributed by atoms with van der Waals surface area (Å²) in [6.45, 7) is 3.70. The van der Waals surface area contributed by atoms with Crippen molar-refractivity contribution in [3.05, 3.63) is 66.1 Å². The molecule has 9 nitrogen and oxygen atoms in total. The summed E-state index contributed by atoms with van der Waals surface area (Å²) in [7, 11) is -3.77. The maximum absolute atomic E-state index is 13.3. The lowest BCUT2D eigenvalue weighted by atomic mass is 10.2. The fourth-order valence-electron chi connectivity index (χ4n) is 4.10. The number of halogens is 1. The minimum absolute atomic E-state index is 0.0234. The van der Waals surface area contributed by atoms with Crippen LogP contribution in [0.15, 0.2) is 59.5 Å². The Morgan fingerprint density at radius 3 is 2.51 bits per heavy atom. The second kappa shape index (κ2) is 10.4. The van der Waals surface area contributed by atoms with Gasteiger partial charge in [0.15, 0.2) is 15.7 Å². The zero-order valence-electron chi connectivity index (χ0n) is 20.4. The molecule has 194 valence electrons. The van der Waals surface area contributed by atoms with E-state index >= 15 is 0 Å². The Morgan fingerprint density at radius 1 is 1.11 bits per heavy atom. The van der Waals surface area contributed by atoms with Gasteiger partial charge in [-0.3, -0.25) is 0 Å². The summed E-state index contributed by atoms with van der Waals surface area (Å²) >= 11 is 0. The van der Waals surface area contributed by atoms with Gasteiger partial charge in [0.05, 0.1) is 35.6 Å². The molecule has 0 spiro atoms. The molecule has 5 rings (SSSR count). The number of urea groups is 1. The number of ether oxygens (including phenoxy) is 1. The Bertz CT molecular complexity index is 1380. The number of anilines is 2. The van der Waals surface area contributed by atoms with Gasteiger partial charge in [-0.15, -0.1) is 0 Å². The first-order valence-electron chi connectivity index (χ1n) is 12.2. The van der Waals surface area contributed by atoms with Crippen molar-refractivity contribution in [2.24, 2.45) is 0 Å². The summed E-state index contributed by atoms with van der Waals surface area (Å²) in [4.78, 5) is 23.4. The maximum atomic E-state index is 13.3. The molecule has 2 aliphatic rings. The fraction of sp³-hybridized carbons (Fsp3) is 0.346. The van der Waals surface area contributed by atoms with Gasteiger partial charge in [-0.1, -0.05) is 0 Å². The molecule has 0 unspecified atom stereocenters. The fourth-order valence-corrected chi connectivity index (χ4v) is 5.36. The van der Waals surface area contributed by atoms with Crippen LogP contribution in [0.3, 0.4) is 0 Å². The van der Waals surface area contributed by atoms with E-state index in [1.807, 2.05) is 6.92 Å². The van der Waals surface area contributed by atoms with E-state index in [2.05, 4.69) is 20.5 Å². The summed E-state index contributed by atoms with van der Waals surface area (Å²) in [5.41, 5.74) is 1.63. The number of benzene rings is 2. The molecule has 2 N–H and O–H groups in total. The number of aromatic nitrogens is 2. The number of nitrogens with one attached hydrogen (secondary N) is 2. The topological polar surface area (TPSA) is 114 Å². The molecule has 37 heavy (non-hydrogen) atoms. The molecule has 2 fully saturated rings. The highest BCUT2D eigenvalue weighted by Crippen LogP contribution is 2.26. The molecule has 2 heterocycles. The zero-order chi connectivity index (χ0) is 26.0. The van der Waals surface area contributed by atoms with Crippen LogP contribution < -0.4 is 15.5 Å². The van der Waals surface area contributed by atoms with E-state index in [0.29, 0.717) is 48.3 Å². The number of hydrogen-bond acceptors (Lipinski definition) is 7. The minimum atomic E-state index is -3.77. The first kappa shape index (κ1) is 25.1. The summed E-state index contributed by atoms with van der Waals surface area (Å²) in [5.74, 6) is 0.112. The number of amides is 2. The molecule has 1 aliphatic carbocycles. The summed E-state index contributed by atoms with van der Waals surface area (Å²) in [6.07, 6.45) is 2.00. The smallest absolute Gasteiger partial charge is 0.319 e. The van der Waals surface area contributed by atoms with Crippen LogP contribution in [0, 0.1) is 5.82 Å². The normalized spacial score (nSPS) is 17.9. The number of carbonyl (C=O) groups is 1. The molecule has 1 aromatic heterocycles. The van der Waals surface area contributed by atoms with Gasteiger partial charge in [-0.05, 0) is 68.3 Å². The van der Waals surface area contributed by atoms with Gasteiger partial charge >= 0.3 is 6.03 Å². The zero-order valence-corrected chi connectivity index (χ0v) is 21.2. The standard InChI is InChI=1S/C26H28FN5O4S/c1-17-15-36-13-12-32(17)24-14-22(16-37(34,35)23-10-4-19(27)5-11-23)28-25(31-24)18-2-6-20(7-3-18)29-26(33)30-21-8-9-21/h2-7,10-11,14,17,21H,8-9,12-13,15-16H2,1H3,(H2,29,30,33)/t17-/m0/s1. The van der Waals surface area contributed by atoms with Crippen LogP contribution in [0.2, 0.25) is 0 Å². The van der Waals surface area contributed by atoms with Gasteiger partial charge in [0.1, 0.15) is 11.6 Å². The summed E-state index contributed by atoms with van der Waals surface area (Å²) in [5, 5.41) is 5.68. The molecule has 1 saturated carbocycles. The number of rotatable bonds is 7. The van der Waals surface area contributed by atoms with Gasteiger partial charge < -0.3 is 20.3 Å². The highest BCUT2D eigenvalue weighted by Gasteiger charge is 2.25. The monoisotopic (exact) mass is 525 g/mol. The van der Waals surface area contributed by atoms with E-state index in [-0.39, 0.29) is 28.8 Å². The third-order valence-corrected chi connectivity index (χ3v) is 7.92. The van der Waals surface area contributed by atoms with Crippen molar-refractivity contribution in [3.8, 4) is 11.4 Å². The van der Waals surface area contributed by atoms with Gasteiger partial charge in [0.25, 0.3) is 0 Å². The molecule has 0 bridgehead atoms. The van der Waals surface area contributed by atoms with Crippen LogP contribution in [0.5, 0.6) is 0 Å². The van der Waals surface area contributed by atoms with E-state index in [1.165, 1.54) is 12.1 Å². The minimum Gasteiger partial charge on any atom is -0.377 e. The van der Waals surface area contributed by atoms with Crippen LogP contribution in [0.25, 0.3) is 11.4 Å². The van der Waals surface area contributed by atoms with Crippen molar-refractivity contribution in [1.29, 1.82) is 0 Å². The van der Waals surface area contributed by atoms with Gasteiger partial charge in [-0.2, -0.15) is 0 Å². The van der Waals surface area contributed by atoms with Crippen LogP contribution in [-0.4, -0.2) is 56.3 Å². The van der Waals surface area contributed by atoms with Crippen molar-refractivity contribution in [3.63, 3.8) is 0 Å². The Kier molecular flexibility index (Phi) is 7.07. The molecule has 1 aliphatic heterocycles. The van der Waals surface area contributed by atoms with E-state index in [4.69, 9.17) is 9.72 Å². The van der Waals surface area contributed by atoms with Crippen molar-refractivity contribution < 1.29 is 22.3 Å². The van der Waals surface area contributed by atoms with Crippen molar-refractivity contribution in [2.45, 2.75) is 42.5 Å². The van der Waals surface area contributed by atoms with Crippen LogP contribution in [-0.2, 0) is 20.3 Å². The van der Waals surface area contributed by atoms with Crippen molar-refractivity contribution >= 4 is 27.4 Å². The largest absolute Gasteiger partial charge is 0.377 e. The van der Waals surface area contributed by atoms with E-state index in [0.717, 1.165) is 25.0 Å². The summed E-state index contributed by atoms with van der Waals surface area (Å²) in [6, 6.07) is 13.6. The van der Waals surface area contributed by atoms with E-state index in [1.54, 1.807) is 30.3 Å². The molecule has 2 aromatic carbocycles. The second-order valence-electron chi connectivity index (χ2n) is 9.32. The first-order valence-corrected chi connectivity index (χ1v) is 13.8. The predicted octanol–water partition coefficient (Wildman–Crippen LogP) is 3.77. The highest BCUT2D eigenvalue weighted by atomic mass is 32.2. The Morgan fingerprint density at radius 2 is 1.84 bits per heavy atom. The highest BCUT2D eigenvalue weighted by molar-refractivity contribution is 7.90. The molecule has 2 amide bonds. The Balaban J connectivity index is 1.44. The number of nitrogens with zero attached hydrogens (tertiary/aromatic N) is 3. The number of carbonyl (C=O) groups excluding carboxylic acids is 1. The number of sulfone groups is 1. The molecule has 1 saturated heterocycles. The molecule has 11 heteroatoms. The predicted molar refractivity (Wildman–Crippen MR) is 138 cm³/mol. The molecular formula is C26H28FN5O4S. The number of hydrogen-bond donors (Lipinski definition) is 2. The maximum Gasteiger partial charge on any atom is 0.319 e. The van der Waals surface area contributed by atoms with E-state index in [9.17, 15) is 17.6 Å². The average molecular weight is 526 g/mol. The third kappa shape index (κ3) is 6.23. The molecular weight excluding hydrogens is 497 g/mol. The third-order valence-electron chi connectivity index (χ3n) is 6.25. The summed E-state index contributed by atoms with van der Waals surface area (Å²) < 4.78 is 45.0.